The Morgan fingerprint density at radius 2 is 1.64 bits per heavy atom. The van der Waals surface area contributed by atoms with Crippen molar-refractivity contribution in [3.8, 4) is 0 Å². The Bertz CT molecular complexity index is 1390. The molecule has 2 amide bonds. The van der Waals surface area contributed by atoms with E-state index in [4.69, 9.17) is 0 Å². The fourth-order valence-corrected chi connectivity index (χ4v) is 6.25. The van der Waals surface area contributed by atoms with Gasteiger partial charge in [0.25, 0.3) is 10.0 Å². The summed E-state index contributed by atoms with van der Waals surface area (Å²) >= 11 is 0. The lowest BCUT2D eigenvalue weighted by Crippen LogP contribution is -2.52. The molecule has 1 aliphatic rings. The summed E-state index contributed by atoms with van der Waals surface area (Å²) in [5, 5.41) is 3.06. The van der Waals surface area contributed by atoms with Gasteiger partial charge in [-0.2, -0.15) is 0 Å². The van der Waals surface area contributed by atoms with E-state index < -0.39 is 34.3 Å². The molecule has 3 aromatic rings. The summed E-state index contributed by atoms with van der Waals surface area (Å²) < 4.78 is 41.9. The molecular formula is C30H34FN3O4S. The molecule has 0 saturated heterocycles. The van der Waals surface area contributed by atoms with Gasteiger partial charge < -0.3 is 10.2 Å². The molecular weight excluding hydrogens is 517 g/mol. The number of halogens is 1. The zero-order valence-corrected chi connectivity index (χ0v) is 23.0. The number of rotatable bonds is 10. The molecule has 0 radical (unpaired) electrons. The van der Waals surface area contributed by atoms with Crippen molar-refractivity contribution in [3.05, 3.63) is 95.8 Å². The van der Waals surface area contributed by atoms with Crippen LogP contribution in [0.25, 0.3) is 0 Å². The number of benzene rings is 3. The Morgan fingerprint density at radius 1 is 0.974 bits per heavy atom. The SMILES string of the molecule is Cc1cccc(CN(C(=O)CN(c2ccccc2)S(=O)(=O)c2ccc(F)cc2)C(C)C(=O)NC2CCCC2)c1. The predicted molar refractivity (Wildman–Crippen MR) is 149 cm³/mol. The summed E-state index contributed by atoms with van der Waals surface area (Å²) in [6.45, 7) is 3.22. The Hall–Kier alpha value is -3.72. The van der Waals surface area contributed by atoms with Crippen molar-refractivity contribution in [2.24, 2.45) is 0 Å². The number of hydrogen-bond donors (Lipinski definition) is 1. The van der Waals surface area contributed by atoms with Crippen LogP contribution in [-0.4, -0.2) is 43.8 Å². The Kier molecular flexibility index (Phi) is 9.01. The lowest BCUT2D eigenvalue weighted by Gasteiger charge is -2.32. The minimum absolute atomic E-state index is 0.0792. The average Bonchev–Trinajstić information content (AvgIpc) is 3.43. The molecule has 1 fully saturated rings. The summed E-state index contributed by atoms with van der Waals surface area (Å²) in [5.41, 5.74) is 2.12. The number of anilines is 1. The zero-order chi connectivity index (χ0) is 28.0. The van der Waals surface area contributed by atoms with Gasteiger partial charge >= 0.3 is 0 Å². The third-order valence-electron chi connectivity index (χ3n) is 7.03. The second-order valence-electron chi connectivity index (χ2n) is 9.98. The molecule has 0 spiro atoms. The molecule has 39 heavy (non-hydrogen) atoms. The first-order valence-electron chi connectivity index (χ1n) is 13.1. The lowest BCUT2D eigenvalue weighted by atomic mass is 10.1. The maximum Gasteiger partial charge on any atom is 0.264 e. The molecule has 1 N–H and O–H groups in total. The van der Waals surface area contributed by atoms with E-state index in [2.05, 4.69) is 5.32 Å². The monoisotopic (exact) mass is 551 g/mol. The molecule has 1 unspecified atom stereocenters. The largest absolute Gasteiger partial charge is 0.352 e. The molecule has 0 aliphatic heterocycles. The van der Waals surface area contributed by atoms with Gasteiger partial charge in [-0.1, -0.05) is 60.9 Å². The highest BCUT2D eigenvalue weighted by Crippen LogP contribution is 2.25. The van der Waals surface area contributed by atoms with Crippen molar-refractivity contribution in [2.45, 2.75) is 63.1 Å². The van der Waals surface area contributed by atoms with Crippen LogP contribution in [0, 0.1) is 12.7 Å². The van der Waals surface area contributed by atoms with Gasteiger partial charge in [0.15, 0.2) is 0 Å². The number of nitrogens with zero attached hydrogens (tertiary/aromatic N) is 2. The van der Waals surface area contributed by atoms with E-state index in [0.717, 1.165) is 53.2 Å². The Balaban J connectivity index is 1.66. The number of nitrogens with one attached hydrogen (secondary N) is 1. The molecule has 7 nitrogen and oxygen atoms in total. The van der Waals surface area contributed by atoms with Crippen LogP contribution in [0.4, 0.5) is 10.1 Å². The highest BCUT2D eigenvalue weighted by molar-refractivity contribution is 7.92. The van der Waals surface area contributed by atoms with Crippen molar-refractivity contribution >= 4 is 27.5 Å². The smallest absolute Gasteiger partial charge is 0.264 e. The van der Waals surface area contributed by atoms with Crippen LogP contribution in [0.5, 0.6) is 0 Å². The molecule has 1 aliphatic carbocycles. The minimum atomic E-state index is -4.23. The van der Waals surface area contributed by atoms with E-state index in [-0.39, 0.29) is 29.1 Å². The summed E-state index contributed by atoms with van der Waals surface area (Å²) in [6, 6.07) is 19.6. The van der Waals surface area contributed by atoms with Crippen molar-refractivity contribution in [2.75, 3.05) is 10.8 Å². The maximum absolute atomic E-state index is 13.9. The summed E-state index contributed by atoms with van der Waals surface area (Å²) in [7, 11) is -4.23. The quantitative estimate of drug-likeness (QED) is 0.392. The molecule has 3 aromatic carbocycles. The zero-order valence-electron chi connectivity index (χ0n) is 22.2. The third-order valence-corrected chi connectivity index (χ3v) is 8.82. The minimum Gasteiger partial charge on any atom is -0.352 e. The first kappa shape index (κ1) is 28.3. The van der Waals surface area contributed by atoms with Gasteiger partial charge in [0, 0.05) is 12.6 Å². The topological polar surface area (TPSA) is 86.8 Å². The summed E-state index contributed by atoms with van der Waals surface area (Å²) in [5.74, 6) is -1.36. The summed E-state index contributed by atoms with van der Waals surface area (Å²) in [4.78, 5) is 28.4. The van der Waals surface area contributed by atoms with Gasteiger partial charge in [0.2, 0.25) is 11.8 Å². The fourth-order valence-electron chi connectivity index (χ4n) is 4.84. The van der Waals surface area contributed by atoms with E-state index >= 15 is 0 Å². The number of hydrogen-bond acceptors (Lipinski definition) is 4. The highest BCUT2D eigenvalue weighted by Gasteiger charge is 2.33. The van der Waals surface area contributed by atoms with Crippen LogP contribution >= 0.6 is 0 Å². The molecule has 0 heterocycles. The standard InChI is InChI=1S/C30H34FN3O4S/c1-22-9-8-10-24(19-22)20-33(23(2)30(36)32-26-11-6-7-12-26)29(35)21-34(27-13-4-3-5-14-27)39(37,38)28-17-15-25(31)16-18-28/h3-5,8-10,13-19,23,26H,6-7,11-12,20-21H2,1-2H3,(H,32,36). The van der Waals surface area contributed by atoms with Gasteiger partial charge in [0.05, 0.1) is 10.6 Å². The number of aryl methyl sites for hydroxylation is 1. The first-order chi connectivity index (χ1) is 18.6. The van der Waals surface area contributed by atoms with Gasteiger partial charge in [-0.25, -0.2) is 12.8 Å². The molecule has 9 heteroatoms. The number of carbonyl (C=O) groups excluding carboxylic acids is 2. The van der Waals surface area contributed by atoms with Gasteiger partial charge in [0.1, 0.15) is 18.4 Å². The molecule has 206 valence electrons. The number of carbonyl (C=O) groups is 2. The van der Waals surface area contributed by atoms with E-state index in [1.54, 1.807) is 37.3 Å². The first-order valence-corrected chi connectivity index (χ1v) is 14.6. The van der Waals surface area contributed by atoms with E-state index in [9.17, 15) is 22.4 Å². The van der Waals surface area contributed by atoms with E-state index in [0.29, 0.717) is 0 Å². The number of para-hydroxylation sites is 1. The molecule has 0 bridgehead atoms. The number of sulfonamides is 1. The van der Waals surface area contributed by atoms with Crippen molar-refractivity contribution in [3.63, 3.8) is 0 Å². The predicted octanol–water partition coefficient (Wildman–Crippen LogP) is 4.81. The van der Waals surface area contributed by atoms with Gasteiger partial charge in [-0.3, -0.25) is 13.9 Å². The molecule has 0 aromatic heterocycles. The second-order valence-corrected chi connectivity index (χ2v) is 11.8. The molecule has 4 rings (SSSR count). The molecule has 1 saturated carbocycles. The van der Waals surface area contributed by atoms with E-state index in [1.807, 2.05) is 31.2 Å². The Labute approximate surface area is 229 Å². The van der Waals surface area contributed by atoms with Gasteiger partial charge in [-0.15, -0.1) is 0 Å². The van der Waals surface area contributed by atoms with Crippen LogP contribution in [-0.2, 0) is 26.2 Å². The highest BCUT2D eigenvalue weighted by atomic mass is 32.2. The van der Waals surface area contributed by atoms with Crippen LogP contribution < -0.4 is 9.62 Å². The normalized spacial score (nSPS) is 14.5. The molecule has 1 atom stereocenters. The third kappa shape index (κ3) is 7.03. The Morgan fingerprint density at radius 3 is 2.28 bits per heavy atom. The number of amides is 2. The second kappa shape index (κ2) is 12.4. The van der Waals surface area contributed by atoms with Crippen molar-refractivity contribution in [1.29, 1.82) is 0 Å². The van der Waals surface area contributed by atoms with E-state index in [1.165, 1.54) is 17.0 Å². The van der Waals surface area contributed by atoms with Crippen LogP contribution in [0.1, 0.15) is 43.7 Å². The maximum atomic E-state index is 13.9. The fraction of sp³-hybridized carbons (Fsp3) is 0.333. The summed E-state index contributed by atoms with van der Waals surface area (Å²) in [6.07, 6.45) is 3.92. The van der Waals surface area contributed by atoms with Crippen LogP contribution in [0.3, 0.4) is 0 Å². The van der Waals surface area contributed by atoms with Crippen molar-refractivity contribution < 1.29 is 22.4 Å². The van der Waals surface area contributed by atoms with Gasteiger partial charge in [-0.05, 0) is 68.7 Å². The lowest BCUT2D eigenvalue weighted by molar-refractivity contribution is -0.139. The average molecular weight is 552 g/mol. The van der Waals surface area contributed by atoms with Crippen molar-refractivity contribution in [1.82, 2.24) is 10.2 Å². The van der Waals surface area contributed by atoms with Crippen LogP contribution in [0.15, 0.2) is 83.8 Å². The van der Waals surface area contributed by atoms with Crippen LogP contribution in [0.2, 0.25) is 0 Å².